The van der Waals surface area contributed by atoms with Crippen LogP contribution in [0.1, 0.15) is 72.1 Å². The normalized spacial score (nSPS) is 61.8. The van der Waals surface area contributed by atoms with E-state index in [4.69, 9.17) is 5.73 Å². The first-order valence-corrected chi connectivity index (χ1v) is 9.77. The number of aliphatic hydroxyl groups is 2. The van der Waals surface area contributed by atoms with E-state index in [1.54, 1.807) is 0 Å². The monoisotopic (exact) mass is 321 g/mol. The van der Waals surface area contributed by atoms with Crippen molar-refractivity contribution >= 4 is 0 Å². The van der Waals surface area contributed by atoms with Gasteiger partial charge in [0, 0.05) is 18.1 Å². The van der Waals surface area contributed by atoms with Crippen LogP contribution in [-0.4, -0.2) is 28.5 Å². The maximum atomic E-state index is 11.0. The zero-order chi connectivity index (χ0) is 16.7. The lowest BCUT2D eigenvalue weighted by Gasteiger charge is -2.65. The van der Waals surface area contributed by atoms with Gasteiger partial charge in [0.05, 0.1) is 6.10 Å². The molecule has 4 N–H and O–H groups in total. The quantitative estimate of drug-likeness (QED) is 0.695. The highest BCUT2D eigenvalue weighted by Crippen LogP contribution is 2.74. The van der Waals surface area contributed by atoms with Gasteiger partial charge in [-0.15, -0.1) is 0 Å². The Morgan fingerprint density at radius 3 is 2.39 bits per heavy atom. The fourth-order valence-electron chi connectivity index (χ4n) is 8.32. The Kier molecular flexibility index (Phi) is 3.37. The van der Waals surface area contributed by atoms with Crippen molar-refractivity contribution < 1.29 is 10.2 Å². The average molecular weight is 322 g/mol. The Labute approximate surface area is 141 Å². The summed E-state index contributed by atoms with van der Waals surface area (Å²) in [5.74, 6) is 1.30. The molecule has 0 aromatic rings. The largest absolute Gasteiger partial charge is 0.396 e. The second kappa shape index (κ2) is 4.74. The van der Waals surface area contributed by atoms with Crippen LogP contribution >= 0.6 is 0 Å². The van der Waals surface area contributed by atoms with E-state index in [9.17, 15) is 10.2 Å². The summed E-state index contributed by atoms with van der Waals surface area (Å²) in [5.41, 5.74) is 7.18. The van der Waals surface area contributed by atoms with Gasteiger partial charge in [-0.05, 0) is 80.0 Å². The average Bonchev–Trinajstić information content (AvgIpc) is 2.60. The lowest BCUT2D eigenvalue weighted by Crippen LogP contribution is -2.63. The Bertz CT molecular complexity index is 506. The van der Waals surface area contributed by atoms with Crippen molar-refractivity contribution in [3.8, 4) is 0 Å². The van der Waals surface area contributed by atoms with E-state index in [1.807, 2.05) is 0 Å². The molecule has 2 bridgehead atoms. The summed E-state index contributed by atoms with van der Waals surface area (Å²) in [7, 11) is 0. The van der Waals surface area contributed by atoms with Gasteiger partial charge in [0.2, 0.25) is 0 Å². The van der Waals surface area contributed by atoms with Gasteiger partial charge in [0.25, 0.3) is 0 Å². The van der Waals surface area contributed by atoms with Gasteiger partial charge in [-0.3, -0.25) is 0 Å². The molecule has 0 amide bonds. The molecule has 4 fully saturated rings. The summed E-state index contributed by atoms with van der Waals surface area (Å²) in [5, 5.41) is 21.1. The molecule has 0 aromatic heterocycles. The molecule has 3 heteroatoms. The maximum Gasteiger partial charge on any atom is 0.0649 e. The SMILES string of the molecule is C[C@]12CC[C@H]3[C@]4(C)CCC[C@@](C)(N)[C@H]4CC[C@@]3(C1)[C@H](CO)[C@H]2O. The molecule has 4 saturated carbocycles. The van der Waals surface area contributed by atoms with Crippen molar-refractivity contribution in [1.29, 1.82) is 0 Å². The number of nitrogens with two attached hydrogens (primary N) is 1. The van der Waals surface area contributed by atoms with Crippen molar-refractivity contribution in [3.05, 3.63) is 0 Å². The van der Waals surface area contributed by atoms with Crippen LogP contribution in [-0.2, 0) is 0 Å². The molecule has 4 aliphatic rings. The fourth-order valence-corrected chi connectivity index (χ4v) is 8.32. The molecule has 0 aromatic carbocycles. The highest BCUT2D eigenvalue weighted by atomic mass is 16.3. The van der Waals surface area contributed by atoms with Crippen molar-refractivity contribution in [1.82, 2.24) is 0 Å². The molecule has 8 atom stereocenters. The summed E-state index contributed by atoms with van der Waals surface area (Å²) in [6, 6.07) is 0. The van der Waals surface area contributed by atoms with E-state index in [2.05, 4.69) is 20.8 Å². The number of hydrogen-bond donors (Lipinski definition) is 3. The van der Waals surface area contributed by atoms with Gasteiger partial charge in [0.1, 0.15) is 0 Å². The maximum absolute atomic E-state index is 11.0. The number of fused-ring (bicyclic) bond motifs is 3. The van der Waals surface area contributed by atoms with Crippen LogP contribution in [0.3, 0.4) is 0 Å². The zero-order valence-electron chi connectivity index (χ0n) is 15.1. The second-order valence-electron chi connectivity index (χ2n) is 10.3. The molecule has 0 radical (unpaired) electrons. The van der Waals surface area contributed by atoms with E-state index >= 15 is 0 Å². The number of hydrogen-bond acceptors (Lipinski definition) is 3. The van der Waals surface area contributed by atoms with Crippen molar-refractivity contribution in [2.45, 2.75) is 83.8 Å². The molecule has 0 unspecified atom stereocenters. The molecule has 3 nitrogen and oxygen atoms in total. The lowest BCUT2D eigenvalue weighted by molar-refractivity contribution is -0.151. The Morgan fingerprint density at radius 2 is 1.70 bits per heavy atom. The molecule has 0 aliphatic heterocycles. The third-order valence-corrected chi connectivity index (χ3v) is 9.18. The highest BCUT2D eigenvalue weighted by Gasteiger charge is 2.70. The Balaban J connectivity index is 1.78. The summed E-state index contributed by atoms with van der Waals surface area (Å²) < 4.78 is 0. The third-order valence-electron chi connectivity index (χ3n) is 9.18. The molecule has 4 rings (SSSR count). The second-order valence-corrected chi connectivity index (χ2v) is 10.3. The topological polar surface area (TPSA) is 66.5 Å². The van der Waals surface area contributed by atoms with Crippen LogP contribution in [0.15, 0.2) is 0 Å². The molecule has 132 valence electrons. The summed E-state index contributed by atoms with van der Waals surface area (Å²) in [6.07, 6.45) is 9.11. The molecule has 0 heterocycles. The van der Waals surface area contributed by atoms with Crippen LogP contribution in [0.2, 0.25) is 0 Å². The van der Waals surface area contributed by atoms with E-state index < -0.39 is 0 Å². The Hall–Kier alpha value is -0.120. The minimum absolute atomic E-state index is 0.0216. The summed E-state index contributed by atoms with van der Waals surface area (Å²) >= 11 is 0. The van der Waals surface area contributed by atoms with Gasteiger partial charge in [-0.25, -0.2) is 0 Å². The molecular weight excluding hydrogens is 286 g/mol. The van der Waals surface area contributed by atoms with Crippen molar-refractivity contribution in [3.63, 3.8) is 0 Å². The molecule has 1 spiro atoms. The first-order chi connectivity index (χ1) is 10.7. The molecule has 0 saturated heterocycles. The minimum Gasteiger partial charge on any atom is -0.396 e. The van der Waals surface area contributed by atoms with Crippen molar-refractivity contribution in [2.75, 3.05) is 6.61 Å². The van der Waals surface area contributed by atoms with Gasteiger partial charge in [-0.2, -0.15) is 0 Å². The predicted molar refractivity (Wildman–Crippen MR) is 91.7 cm³/mol. The van der Waals surface area contributed by atoms with Crippen LogP contribution in [0, 0.1) is 34.0 Å². The first kappa shape index (κ1) is 16.4. The van der Waals surface area contributed by atoms with Gasteiger partial charge in [-0.1, -0.05) is 20.3 Å². The van der Waals surface area contributed by atoms with Crippen molar-refractivity contribution in [2.24, 2.45) is 39.7 Å². The smallest absolute Gasteiger partial charge is 0.0649 e. The van der Waals surface area contributed by atoms with E-state index in [0.717, 1.165) is 25.7 Å². The molecule has 23 heavy (non-hydrogen) atoms. The minimum atomic E-state index is -0.328. The fraction of sp³-hybridized carbons (Fsp3) is 1.00. The molecule has 4 aliphatic carbocycles. The van der Waals surface area contributed by atoms with Gasteiger partial charge >= 0.3 is 0 Å². The molecular formula is C20H35NO2. The number of aliphatic hydroxyl groups excluding tert-OH is 2. The van der Waals surface area contributed by atoms with Crippen LogP contribution in [0.4, 0.5) is 0 Å². The first-order valence-electron chi connectivity index (χ1n) is 9.77. The van der Waals surface area contributed by atoms with E-state index in [1.165, 1.54) is 25.7 Å². The van der Waals surface area contributed by atoms with Crippen LogP contribution < -0.4 is 5.73 Å². The number of rotatable bonds is 1. The standard InChI is InChI=1S/C20H35NO2/c1-17-9-5-15-18(2)7-4-8-19(3,21)14(18)6-10-20(15,12-17)13(11-22)16(17)23/h13-16,22-23H,4-12,21H2,1-3H3/t13-,14+,15+,16-,17+,18-,19-,20-/m1/s1. The van der Waals surface area contributed by atoms with Crippen LogP contribution in [0.25, 0.3) is 0 Å². The van der Waals surface area contributed by atoms with E-state index in [-0.39, 0.29) is 35.0 Å². The van der Waals surface area contributed by atoms with E-state index in [0.29, 0.717) is 17.3 Å². The zero-order valence-corrected chi connectivity index (χ0v) is 15.1. The summed E-state index contributed by atoms with van der Waals surface area (Å²) in [4.78, 5) is 0. The highest BCUT2D eigenvalue weighted by molar-refractivity contribution is 5.19. The van der Waals surface area contributed by atoms with Gasteiger partial charge in [0.15, 0.2) is 0 Å². The lowest BCUT2D eigenvalue weighted by atomic mass is 9.41. The Morgan fingerprint density at radius 1 is 1.00 bits per heavy atom. The third kappa shape index (κ3) is 1.88. The van der Waals surface area contributed by atoms with Crippen LogP contribution in [0.5, 0.6) is 0 Å². The summed E-state index contributed by atoms with van der Waals surface area (Å²) in [6.45, 7) is 7.17. The predicted octanol–water partition coefficient (Wildman–Crippen LogP) is 3.08. The van der Waals surface area contributed by atoms with Gasteiger partial charge < -0.3 is 15.9 Å².